The van der Waals surface area contributed by atoms with Gasteiger partial charge in [0.2, 0.25) is 4.77 Å². The summed E-state index contributed by atoms with van der Waals surface area (Å²) in [6.07, 6.45) is -3.44. The molecule has 0 saturated heterocycles. The molecule has 0 unspecified atom stereocenters. The van der Waals surface area contributed by atoms with Crippen molar-refractivity contribution in [3.63, 3.8) is 0 Å². The van der Waals surface area contributed by atoms with Gasteiger partial charge >= 0.3 is 6.18 Å². The Hall–Kier alpha value is -2.36. The number of halogens is 3. The monoisotopic (exact) mass is 346 g/mol. The molecule has 1 heterocycles. The van der Waals surface area contributed by atoms with E-state index in [0.29, 0.717) is 28.3 Å². The number of hydrogen-bond acceptors (Lipinski definition) is 5. The Kier molecular flexibility index (Phi) is 5.04. The van der Waals surface area contributed by atoms with E-state index < -0.39 is 12.0 Å². The number of alkyl halides is 3. The van der Waals surface area contributed by atoms with Crippen LogP contribution in [0.2, 0.25) is 0 Å². The molecule has 0 bridgehead atoms. The van der Waals surface area contributed by atoms with E-state index in [-0.39, 0.29) is 4.77 Å². The number of nitrogens with one attached hydrogen (secondary N) is 1. The van der Waals surface area contributed by atoms with Crippen LogP contribution in [0.3, 0.4) is 0 Å². The first-order chi connectivity index (χ1) is 10.9. The summed E-state index contributed by atoms with van der Waals surface area (Å²) in [6, 6.07) is 4.86. The Labute approximate surface area is 134 Å². The number of rotatable bonds is 5. The highest BCUT2D eigenvalue weighted by molar-refractivity contribution is 7.71. The molecule has 0 spiro atoms. The predicted octanol–water partition coefficient (Wildman–Crippen LogP) is 3.25. The minimum atomic E-state index is -4.67. The van der Waals surface area contributed by atoms with Gasteiger partial charge in [-0.25, -0.2) is 5.10 Å². The van der Waals surface area contributed by atoms with Gasteiger partial charge in [0.1, 0.15) is 0 Å². The SMILES string of the molecule is CCOc1ccc(/C=N\n2c(C(F)(F)F)n[nH]c2=S)cc1OC. The maximum Gasteiger partial charge on any atom is 0.453 e. The van der Waals surface area contributed by atoms with E-state index in [1.807, 2.05) is 6.92 Å². The lowest BCUT2D eigenvalue weighted by Crippen LogP contribution is -2.12. The summed E-state index contributed by atoms with van der Waals surface area (Å²) in [7, 11) is 1.46. The fraction of sp³-hybridized carbons (Fsp3) is 0.308. The molecule has 0 amide bonds. The van der Waals surface area contributed by atoms with Crippen molar-refractivity contribution in [1.82, 2.24) is 14.9 Å². The number of nitrogens with zero attached hydrogens (tertiary/aromatic N) is 3. The van der Waals surface area contributed by atoms with Crippen molar-refractivity contribution in [2.75, 3.05) is 13.7 Å². The van der Waals surface area contributed by atoms with E-state index in [1.165, 1.54) is 13.3 Å². The largest absolute Gasteiger partial charge is 0.493 e. The van der Waals surface area contributed by atoms with Crippen LogP contribution in [0, 0.1) is 4.77 Å². The first kappa shape index (κ1) is 17.0. The van der Waals surface area contributed by atoms with Crippen LogP contribution in [0.5, 0.6) is 11.5 Å². The van der Waals surface area contributed by atoms with Crippen LogP contribution in [0.25, 0.3) is 0 Å². The Balaban J connectivity index is 2.35. The Morgan fingerprint density at radius 3 is 2.74 bits per heavy atom. The molecule has 6 nitrogen and oxygen atoms in total. The standard InChI is InChI=1S/C13H13F3N4O2S/c1-3-22-9-5-4-8(6-10(9)21-2)7-17-20-11(13(14,15)16)18-19-12(20)23/h4-7H,3H2,1-2H3,(H,19,23)/b17-7-. The number of aromatic nitrogens is 3. The molecule has 1 aromatic carbocycles. The van der Waals surface area contributed by atoms with Gasteiger partial charge in [-0.2, -0.15) is 22.9 Å². The van der Waals surface area contributed by atoms with Crippen molar-refractivity contribution in [2.45, 2.75) is 13.1 Å². The zero-order valence-electron chi connectivity index (χ0n) is 12.2. The van der Waals surface area contributed by atoms with Crippen LogP contribution in [-0.4, -0.2) is 34.8 Å². The van der Waals surface area contributed by atoms with E-state index in [4.69, 9.17) is 21.7 Å². The third kappa shape index (κ3) is 3.89. The average molecular weight is 346 g/mol. The lowest BCUT2D eigenvalue weighted by molar-refractivity contribution is -0.147. The molecule has 2 rings (SSSR count). The molecule has 0 saturated carbocycles. The fourth-order valence-corrected chi connectivity index (χ4v) is 1.93. The molecule has 0 aliphatic rings. The van der Waals surface area contributed by atoms with Crippen LogP contribution in [0.4, 0.5) is 13.2 Å². The van der Waals surface area contributed by atoms with Gasteiger partial charge in [0.25, 0.3) is 5.82 Å². The summed E-state index contributed by atoms with van der Waals surface area (Å²) in [6.45, 7) is 2.29. The molecular weight excluding hydrogens is 333 g/mol. The Morgan fingerprint density at radius 2 is 2.13 bits per heavy atom. The number of H-pyrrole nitrogens is 1. The first-order valence-corrected chi connectivity index (χ1v) is 6.87. The molecule has 1 aromatic heterocycles. The van der Waals surface area contributed by atoms with Gasteiger partial charge in [-0.3, -0.25) is 0 Å². The maximum absolute atomic E-state index is 12.8. The molecule has 1 N–H and O–H groups in total. The van der Waals surface area contributed by atoms with Crippen LogP contribution in [0.1, 0.15) is 18.3 Å². The lowest BCUT2D eigenvalue weighted by Gasteiger charge is -2.09. The fourth-order valence-electron chi connectivity index (χ4n) is 1.75. The van der Waals surface area contributed by atoms with Crippen molar-refractivity contribution >= 4 is 18.4 Å². The van der Waals surface area contributed by atoms with Gasteiger partial charge in [-0.1, -0.05) is 0 Å². The van der Waals surface area contributed by atoms with Crippen molar-refractivity contribution in [1.29, 1.82) is 0 Å². The summed E-state index contributed by atoms with van der Waals surface area (Å²) < 4.78 is 49.1. The molecular formula is C13H13F3N4O2S. The third-order valence-electron chi connectivity index (χ3n) is 2.71. The van der Waals surface area contributed by atoms with E-state index >= 15 is 0 Å². The van der Waals surface area contributed by atoms with Crippen LogP contribution in [-0.2, 0) is 6.18 Å². The Bertz CT molecular complexity index is 767. The van der Waals surface area contributed by atoms with Gasteiger partial charge < -0.3 is 9.47 Å². The highest BCUT2D eigenvalue weighted by Gasteiger charge is 2.37. The second-order valence-corrected chi connectivity index (χ2v) is 4.64. The highest BCUT2D eigenvalue weighted by atomic mass is 32.1. The summed E-state index contributed by atoms with van der Waals surface area (Å²) in [4.78, 5) is 0. The van der Waals surface area contributed by atoms with Crippen molar-refractivity contribution in [2.24, 2.45) is 5.10 Å². The number of methoxy groups -OCH3 is 1. The topological polar surface area (TPSA) is 64.4 Å². The smallest absolute Gasteiger partial charge is 0.453 e. The molecule has 0 fully saturated rings. The second-order valence-electron chi connectivity index (χ2n) is 4.25. The van der Waals surface area contributed by atoms with Gasteiger partial charge in [0, 0.05) is 0 Å². The predicted molar refractivity (Wildman–Crippen MR) is 79.6 cm³/mol. The van der Waals surface area contributed by atoms with Crippen molar-refractivity contribution in [3.05, 3.63) is 34.4 Å². The van der Waals surface area contributed by atoms with Crippen LogP contribution in [0.15, 0.2) is 23.3 Å². The lowest BCUT2D eigenvalue weighted by atomic mass is 10.2. The normalized spacial score (nSPS) is 11.9. The summed E-state index contributed by atoms with van der Waals surface area (Å²) in [5.41, 5.74) is 0.515. The first-order valence-electron chi connectivity index (χ1n) is 6.46. The quantitative estimate of drug-likeness (QED) is 0.667. The van der Waals surface area contributed by atoms with Gasteiger partial charge in [-0.15, -0.1) is 5.10 Å². The minimum Gasteiger partial charge on any atom is -0.493 e. The molecule has 0 aliphatic carbocycles. The minimum absolute atomic E-state index is 0.258. The van der Waals surface area contributed by atoms with Crippen LogP contribution < -0.4 is 9.47 Å². The zero-order chi connectivity index (χ0) is 17.0. The van der Waals surface area contributed by atoms with Gasteiger partial charge in [0.15, 0.2) is 11.5 Å². The Morgan fingerprint density at radius 1 is 1.39 bits per heavy atom. The van der Waals surface area contributed by atoms with Gasteiger partial charge in [0.05, 0.1) is 19.9 Å². The molecule has 0 radical (unpaired) electrons. The zero-order valence-corrected chi connectivity index (χ0v) is 13.0. The molecule has 10 heteroatoms. The number of aromatic amines is 1. The van der Waals surface area contributed by atoms with Gasteiger partial charge in [-0.05, 0) is 42.9 Å². The van der Waals surface area contributed by atoms with E-state index in [0.717, 1.165) is 0 Å². The molecule has 23 heavy (non-hydrogen) atoms. The van der Waals surface area contributed by atoms with E-state index in [9.17, 15) is 13.2 Å². The molecule has 0 atom stereocenters. The van der Waals surface area contributed by atoms with Crippen molar-refractivity contribution in [3.8, 4) is 11.5 Å². The van der Waals surface area contributed by atoms with E-state index in [1.54, 1.807) is 18.2 Å². The maximum atomic E-state index is 12.8. The second kappa shape index (κ2) is 6.82. The summed E-state index contributed by atoms with van der Waals surface area (Å²) in [5, 5.41) is 8.93. The third-order valence-corrected chi connectivity index (χ3v) is 2.98. The number of hydrogen-bond donors (Lipinski definition) is 1. The molecule has 0 aliphatic heterocycles. The molecule has 124 valence electrons. The molecule has 2 aromatic rings. The number of ether oxygens (including phenoxy) is 2. The number of benzene rings is 1. The van der Waals surface area contributed by atoms with Crippen molar-refractivity contribution < 1.29 is 22.6 Å². The average Bonchev–Trinajstić information content (AvgIpc) is 2.87. The summed E-state index contributed by atoms with van der Waals surface area (Å²) in [5.74, 6) is -0.248. The van der Waals surface area contributed by atoms with E-state index in [2.05, 4.69) is 15.3 Å². The highest BCUT2D eigenvalue weighted by Crippen LogP contribution is 2.28. The van der Waals surface area contributed by atoms with Crippen LogP contribution >= 0.6 is 12.2 Å². The summed E-state index contributed by atoms with van der Waals surface area (Å²) >= 11 is 4.75.